The molecule has 0 radical (unpaired) electrons. The number of alkyl halides is 5. The molecule has 1 saturated heterocycles. The highest BCUT2D eigenvalue weighted by atomic mass is 35.5. The molecule has 0 amide bonds. The van der Waals surface area contributed by atoms with Gasteiger partial charge in [-0.25, -0.2) is 4.79 Å². The fraction of sp³-hybridized carbons (Fsp3) is 0.417. The molecule has 3 nitrogen and oxygen atoms in total. The molecule has 1 unspecified atom stereocenters. The van der Waals surface area contributed by atoms with Crippen LogP contribution in [0.2, 0.25) is 5.02 Å². The van der Waals surface area contributed by atoms with E-state index in [9.17, 15) is 26.7 Å². The van der Waals surface area contributed by atoms with Gasteiger partial charge in [0.05, 0.1) is 29.2 Å². The number of nitrogens with one attached hydrogen (secondary N) is 1. The fourth-order valence-electron chi connectivity index (χ4n) is 1.82. The first-order valence-electron chi connectivity index (χ1n) is 5.79. The van der Waals surface area contributed by atoms with Crippen molar-refractivity contribution in [3.8, 4) is 0 Å². The van der Waals surface area contributed by atoms with Crippen LogP contribution in [0.1, 0.15) is 12.0 Å². The lowest BCUT2D eigenvalue weighted by atomic mass is 10.1. The summed E-state index contributed by atoms with van der Waals surface area (Å²) in [4.78, 5) is 10.8. The number of cyclic esters (lactones) is 1. The van der Waals surface area contributed by atoms with Crippen molar-refractivity contribution in [3.63, 3.8) is 0 Å². The number of carbonyl (C=O) groups excluding carboxylic acids is 1. The molecule has 1 aromatic carbocycles. The number of esters is 1. The average Bonchev–Trinajstić information content (AvgIpc) is 2.60. The van der Waals surface area contributed by atoms with Crippen molar-refractivity contribution in [2.24, 2.45) is 0 Å². The lowest BCUT2D eigenvalue weighted by Gasteiger charge is -2.14. The van der Waals surface area contributed by atoms with Crippen LogP contribution >= 0.6 is 11.6 Å². The van der Waals surface area contributed by atoms with Crippen molar-refractivity contribution < 1.29 is 31.5 Å². The highest BCUT2D eigenvalue weighted by Crippen LogP contribution is 2.35. The smallest absolute Gasteiger partial charge is 0.416 e. The third-order valence-electron chi connectivity index (χ3n) is 2.87. The Morgan fingerprint density at radius 3 is 2.57 bits per heavy atom. The molecule has 1 atom stereocenters. The average molecular weight is 330 g/mol. The highest BCUT2D eigenvalue weighted by molar-refractivity contribution is 6.33. The van der Waals surface area contributed by atoms with E-state index in [4.69, 9.17) is 11.6 Å². The SMILES string of the molecule is O=C1OC(CNc2cc(C(F)(F)F)ccc2Cl)CC1(F)F. The number of halogens is 6. The van der Waals surface area contributed by atoms with Crippen LogP contribution in [0.5, 0.6) is 0 Å². The molecule has 0 spiro atoms. The van der Waals surface area contributed by atoms with Crippen molar-refractivity contribution in [1.29, 1.82) is 0 Å². The molecular weight excluding hydrogens is 321 g/mol. The molecular formula is C12H9ClF5NO2. The molecule has 1 aromatic rings. The van der Waals surface area contributed by atoms with E-state index in [0.29, 0.717) is 0 Å². The zero-order chi connectivity index (χ0) is 15.8. The van der Waals surface area contributed by atoms with Gasteiger partial charge in [0, 0.05) is 0 Å². The van der Waals surface area contributed by atoms with Crippen LogP contribution in [-0.2, 0) is 15.7 Å². The first-order chi connectivity index (χ1) is 9.59. The number of rotatable bonds is 3. The van der Waals surface area contributed by atoms with Gasteiger partial charge in [0.15, 0.2) is 0 Å². The second kappa shape index (κ2) is 5.32. The lowest BCUT2D eigenvalue weighted by Crippen LogP contribution is -2.22. The Labute approximate surface area is 121 Å². The van der Waals surface area contributed by atoms with Crippen molar-refractivity contribution >= 4 is 23.3 Å². The second-order valence-electron chi connectivity index (χ2n) is 4.51. The summed E-state index contributed by atoms with van der Waals surface area (Å²) in [7, 11) is 0. The van der Waals surface area contributed by atoms with Crippen LogP contribution in [-0.4, -0.2) is 24.5 Å². The molecule has 2 rings (SSSR count). The first-order valence-corrected chi connectivity index (χ1v) is 6.17. The van der Waals surface area contributed by atoms with Crippen LogP contribution in [0.4, 0.5) is 27.6 Å². The van der Waals surface area contributed by atoms with Gasteiger partial charge in [0.2, 0.25) is 0 Å². The summed E-state index contributed by atoms with van der Waals surface area (Å²) in [6.07, 6.45) is -6.50. The predicted octanol–water partition coefficient (Wildman–Crippen LogP) is 3.72. The van der Waals surface area contributed by atoms with Gasteiger partial charge in [-0.3, -0.25) is 0 Å². The van der Waals surface area contributed by atoms with E-state index in [1.54, 1.807) is 0 Å². The maximum Gasteiger partial charge on any atom is 0.416 e. The summed E-state index contributed by atoms with van der Waals surface area (Å²) in [6.45, 7) is -0.262. The van der Waals surface area contributed by atoms with Crippen molar-refractivity contribution in [3.05, 3.63) is 28.8 Å². The fourth-order valence-corrected chi connectivity index (χ4v) is 2.01. The number of hydrogen-bond acceptors (Lipinski definition) is 3. The summed E-state index contributed by atoms with van der Waals surface area (Å²) in [5.74, 6) is -5.20. The molecule has 0 aromatic heterocycles. The Morgan fingerprint density at radius 2 is 2.05 bits per heavy atom. The largest absolute Gasteiger partial charge is 0.456 e. The molecule has 1 aliphatic rings. The molecule has 1 heterocycles. The van der Waals surface area contributed by atoms with Gasteiger partial charge in [-0.05, 0) is 18.2 Å². The van der Waals surface area contributed by atoms with Crippen LogP contribution in [0, 0.1) is 0 Å². The third kappa shape index (κ3) is 3.55. The number of anilines is 1. The minimum absolute atomic E-state index is 0.000848. The predicted molar refractivity (Wildman–Crippen MR) is 64.4 cm³/mol. The molecule has 1 N–H and O–H groups in total. The molecule has 21 heavy (non-hydrogen) atoms. The molecule has 9 heteroatoms. The number of benzene rings is 1. The van der Waals surface area contributed by atoms with Gasteiger partial charge < -0.3 is 10.1 Å². The van der Waals surface area contributed by atoms with Crippen LogP contribution in [0.15, 0.2) is 18.2 Å². The number of carbonyl (C=O) groups is 1. The lowest BCUT2D eigenvalue weighted by molar-refractivity contribution is -0.158. The van der Waals surface area contributed by atoms with Gasteiger partial charge in [-0.2, -0.15) is 22.0 Å². The van der Waals surface area contributed by atoms with E-state index >= 15 is 0 Å². The number of ether oxygens (including phenoxy) is 1. The van der Waals surface area contributed by atoms with Gasteiger partial charge in [0.25, 0.3) is 0 Å². The Balaban J connectivity index is 2.06. The number of hydrogen-bond donors (Lipinski definition) is 1. The molecule has 1 fully saturated rings. The van der Waals surface area contributed by atoms with Crippen molar-refractivity contribution in [2.75, 3.05) is 11.9 Å². The summed E-state index contributed by atoms with van der Waals surface area (Å²) in [5.41, 5.74) is -0.999. The van der Waals surface area contributed by atoms with E-state index in [-0.39, 0.29) is 17.3 Å². The van der Waals surface area contributed by atoms with Crippen LogP contribution in [0.25, 0.3) is 0 Å². The van der Waals surface area contributed by atoms with Gasteiger partial charge >= 0.3 is 18.1 Å². The quantitative estimate of drug-likeness (QED) is 0.678. The third-order valence-corrected chi connectivity index (χ3v) is 3.20. The van der Waals surface area contributed by atoms with Crippen LogP contribution in [0.3, 0.4) is 0 Å². The zero-order valence-corrected chi connectivity index (χ0v) is 11.1. The molecule has 0 aliphatic carbocycles. The summed E-state index contributed by atoms with van der Waals surface area (Å²) in [6, 6.07) is 2.61. The molecule has 0 bridgehead atoms. The standard InChI is InChI=1S/C12H9ClF5NO2/c13-8-2-1-6(12(16,17)18)3-9(8)19-5-7-4-11(14,15)10(20)21-7/h1-3,7,19H,4-5H2. The molecule has 116 valence electrons. The van der Waals surface area contributed by atoms with E-state index in [0.717, 1.165) is 18.2 Å². The second-order valence-corrected chi connectivity index (χ2v) is 4.92. The van der Waals surface area contributed by atoms with Gasteiger partial charge in [-0.15, -0.1) is 0 Å². The molecule has 0 saturated carbocycles. The topological polar surface area (TPSA) is 38.3 Å². The minimum atomic E-state index is -4.55. The maximum absolute atomic E-state index is 12.9. The van der Waals surface area contributed by atoms with Crippen LogP contribution < -0.4 is 5.32 Å². The normalized spacial score (nSPS) is 21.2. The zero-order valence-electron chi connectivity index (χ0n) is 10.3. The van der Waals surface area contributed by atoms with E-state index in [1.165, 1.54) is 0 Å². The Morgan fingerprint density at radius 1 is 1.38 bits per heavy atom. The monoisotopic (exact) mass is 329 g/mol. The molecule has 1 aliphatic heterocycles. The minimum Gasteiger partial charge on any atom is -0.456 e. The van der Waals surface area contributed by atoms with Gasteiger partial charge in [-0.1, -0.05) is 11.6 Å². The maximum atomic E-state index is 12.9. The van der Waals surface area contributed by atoms with Gasteiger partial charge in [0.1, 0.15) is 6.10 Å². The van der Waals surface area contributed by atoms with Crippen molar-refractivity contribution in [1.82, 2.24) is 0 Å². The summed E-state index contributed by atoms with van der Waals surface area (Å²) >= 11 is 5.73. The van der Waals surface area contributed by atoms with Crippen molar-refractivity contribution in [2.45, 2.75) is 24.6 Å². The van der Waals surface area contributed by atoms with E-state index < -0.39 is 36.2 Å². The van der Waals surface area contributed by atoms with E-state index in [2.05, 4.69) is 10.1 Å². The summed E-state index contributed by atoms with van der Waals surface area (Å²) in [5, 5.41) is 2.48. The Kier molecular flexibility index (Phi) is 4.01. The Bertz CT molecular complexity index is 561. The first kappa shape index (κ1) is 15.8. The van der Waals surface area contributed by atoms with E-state index in [1.807, 2.05) is 0 Å². The highest BCUT2D eigenvalue weighted by Gasteiger charge is 2.50. The summed E-state index contributed by atoms with van der Waals surface area (Å²) < 4.78 is 68.0. The Hall–Kier alpha value is -1.57.